The molecule has 2 heterocycles. The Bertz CT molecular complexity index is 776. The highest BCUT2D eigenvalue weighted by Crippen LogP contribution is 2.19. The average molecular weight is 360 g/mol. The molecule has 1 aliphatic heterocycles. The van der Waals surface area contributed by atoms with Gasteiger partial charge in [-0.25, -0.2) is 4.68 Å². The number of rotatable bonds is 5. The molecule has 3 rings (SSSR count). The van der Waals surface area contributed by atoms with Crippen LogP contribution in [0.25, 0.3) is 0 Å². The van der Waals surface area contributed by atoms with Gasteiger partial charge in [-0.15, -0.1) is 0 Å². The highest BCUT2D eigenvalue weighted by molar-refractivity contribution is 7.71. The zero-order valence-corrected chi connectivity index (χ0v) is 15.5. The molecule has 0 unspecified atom stereocenters. The van der Waals surface area contributed by atoms with E-state index in [1.54, 1.807) is 0 Å². The number of esters is 1. The molecule has 1 aromatic carbocycles. The van der Waals surface area contributed by atoms with E-state index in [4.69, 9.17) is 17.0 Å². The van der Waals surface area contributed by atoms with Gasteiger partial charge in [-0.2, -0.15) is 5.10 Å². The Morgan fingerprint density at radius 1 is 1.28 bits per heavy atom. The quantitative estimate of drug-likeness (QED) is 0.606. The standard InChI is InChI=1S/C18H24N4O2S/c1-14-19-22(13-20-10-8-16(9-11-20)17(23)24-2)18(25)21(14)12-15-6-4-3-5-7-15/h3-7,16H,8-13H2,1-2H3. The molecule has 0 bridgehead atoms. The third kappa shape index (κ3) is 4.16. The maximum Gasteiger partial charge on any atom is 0.308 e. The van der Waals surface area contributed by atoms with E-state index in [-0.39, 0.29) is 11.9 Å². The van der Waals surface area contributed by atoms with Crippen molar-refractivity contribution in [2.24, 2.45) is 5.92 Å². The van der Waals surface area contributed by atoms with Crippen LogP contribution < -0.4 is 0 Å². The number of carbonyl (C=O) groups excluding carboxylic acids is 1. The van der Waals surface area contributed by atoms with Crippen molar-refractivity contribution < 1.29 is 9.53 Å². The van der Waals surface area contributed by atoms with Crippen molar-refractivity contribution in [1.82, 2.24) is 19.2 Å². The van der Waals surface area contributed by atoms with Gasteiger partial charge in [-0.3, -0.25) is 14.3 Å². The molecule has 0 N–H and O–H groups in total. The molecule has 1 aliphatic rings. The number of benzene rings is 1. The lowest BCUT2D eigenvalue weighted by atomic mass is 9.97. The first-order valence-electron chi connectivity index (χ1n) is 8.57. The van der Waals surface area contributed by atoms with Crippen LogP contribution in [-0.2, 0) is 22.7 Å². The van der Waals surface area contributed by atoms with Gasteiger partial charge in [0, 0.05) is 13.1 Å². The molecule has 0 radical (unpaired) electrons. The van der Waals surface area contributed by atoms with Crippen LogP contribution in [0.5, 0.6) is 0 Å². The van der Waals surface area contributed by atoms with Crippen molar-refractivity contribution in [2.75, 3.05) is 20.2 Å². The van der Waals surface area contributed by atoms with E-state index < -0.39 is 0 Å². The van der Waals surface area contributed by atoms with Crippen LogP contribution >= 0.6 is 12.2 Å². The number of carbonyl (C=O) groups is 1. The zero-order valence-electron chi connectivity index (χ0n) is 14.7. The Labute approximate surface area is 153 Å². The first-order valence-corrected chi connectivity index (χ1v) is 8.97. The van der Waals surface area contributed by atoms with Gasteiger partial charge in [0.25, 0.3) is 0 Å². The summed E-state index contributed by atoms with van der Waals surface area (Å²) in [5, 5.41) is 4.61. The third-order valence-electron chi connectivity index (χ3n) is 4.75. The largest absolute Gasteiger partial charge is 0.469 e. The Balaban J connectivity index is 1.65. The van der Waals surface area contributed by atoms with Crippen LogP contribution in [0.1, 0.15) is 24.2 Å². The van der Waals surface area contributed by atoms with Crippen LogP contribution in [-0.4, -0.2) is 45.4 Å². The van der Waals surface area contributed by atoms with Crippen LogP contribution in [0.3, 0.4) is 0 Å². The highest BCUT2D eigenvalue weighted by atomic mass is 32.1. The monoisotopic (exact) mass is 360 g/mol. The molecule has 6 nitrogen and oxygen atoms in total. The smallest absolute Gasteiger partial charge is 0.308 e. The van der Waals surface area contributed by atoms with Gasteiger partial charge < -0.3 is 4.74 Å². The predicted octanol–water partition coefficient (Wildman–Crippen LogP) is 2.61. The molecule has 1 aromatic heterocycles. The van der Waals surface area contributed by atoms with Gasteiger partial charge in [-0.1, -0.05) is 30.3 Å². The van der Waals surface area contributed by atoms with Crippen molar-refractivity contribution in [3.8, 4) is 0 Å². The number of piperidine rings is 1. The highest BCUT2D eigenvalue weighted by Gasteiger charge is 2.26. The molecule has 0 aliphatic carbocycles. The summed E-state index contributed by atoms with van der Waals surface area (Å²) in [5.74, 6) is 0.837. The van der Waals surface area contributed by atoms with E-state index in [1.165, 1.54) is 12.7 Å². The number of hydrogen-bond acceptors (Lipinski definition) is 5. The maximum absolute atomic E-state index is 11.6. The normalized spacial score (nSPS) is 16.1. The van der Waals surface area contributed by atoms with Crippen molar-refractivity contribution in [2.45, 2.75) is 33.0 Å². The zero-order chi connectivity index (χ0) is 17.8. The molecule has 7 heteroatoms. The lowest BCUT2D eigenvalue weighted by Crippen LogP contribution is -2.38. The minimum Gasteiger partial charge on any atom is -0.469 e. The van der Waals surface area contributed by atoms with E-state index >= 15 is 0 Å². The summed E-state index contributed by atoms with van der Waals surface area (Å²) >= 11 is 5.63. The number of aryl methyl sites for hydroxylation is 1. The van der Waals surface area contributed by atoms with Crippen LogP contribution in [0.2, 0.25) is 0 Å². The molecule has 25 heavy (non-hydrogen) atoms. The number of nitrogens with zero attached hydrogens (tertiary/aromatic N) is 4. The number of likely N-dealkylation sites (tertiary alicyclic amines) is 1. The number of methoxy groups -OCH3 is 1. The molecule has 0 amide bonds. The first-order chi connectivity index (χ1) is 12.1. The Hall–Kier alpha value is -1.99. The molecular formula is C18H24N4O2S. The SMILES string of the molecule is COC(=O)C1CCN(Cn2nc(C)n(Cc3ccccc3)c2=S)CC1. The Morgan fingerprint density at radius 2 is 1.96 bits per heavy atom. The Morgan fingerprint density at radius 3 is 2.60 bits per heavy atom. The molecule has 134 valence electrons. The average Bonchev–Trinajstić information content (AvgIpc) is 2.90. The summed E-state index contributed by atoms with van der Waals surface area (Å²) in [4.78, 5) is 13.9. The lowest BCUT2D eigenvalue weighted by Gasteiger charge is -2.30. The second kappa shape index (κ2) is 7.93. The third-order valence-corrected chi connectivity index (χ3v) is 5.18. The summed E-state index contributed by atoms with van der Waals surface area (Å²) in [6.45, 7) is 5.09. The molecule has 1 saturated heterocycles. The second-order valence-corrected chi connectivity index (χ2v) is 6.82. The van der Waals surface area contributed by atoms with Gasteiger partial charge in [-0.05, 0) is 37.5 Å². The minimum absolute atomic E-state index is 0.0200. The van der Waals surface area contributed by atoms with E-state index in [0.717, 1.165) is 43.1 Å². The fourth-order valence-corrected chi connectivity index (χ4v) is 3.55. The summed E-state index contributed by atoms with van der Waals surface area (Å²) in [6.07, 6.45) is 1.65. The van der Waals surface area contributed by atoms with Crippen LogP contribution in [0.4, 0.5) is 0 Å². The predicted molar refractivity (Wildman–Crippen MR) is 97.6 cm³/mol. The van der Waals surface area contributed by atoms with Crippen LogP contribution in [0.15, 0.2) is 30.3 Å². The van der Waals surface area contributed by atoms with Gasteiger partial charge in [0.2, 0.25) is 0 Å². The molecule has 0 spiro atoms. The second-order valence-electron chi connectivity index (χ2n) is 6.46. The topological polar surface area (TPSA) is 52.3 Å². The summed E-state index contributed by atoms with van der Waals surface area (Å²) in [6, 6.07) is 10.3. The molecule has 1 fully saturated rings. The molecule has 2 aromatic rings. The fourth-order valence-electron chi connectivity index (χ4n) is 3.26. The molecular weight excluding hydrogens is 336 g/mol. The summed E-state index contributed by atoms with van der Waals surface area (Å²) in [5.41, 5.74) is 1.21. The van der Waals surface area contributed by atoms with Gasteiger partial charge >= 0.3 is 5.97 Å². The number of hydrogen-bond donors (Lipinski definition) is 0. The van der Waals surface area contributed by atoms with Crippen molar-refractivity contribution in [3.05, 3.63) is 46.5 Å². The van der Waals surface area contributed by atoms with Gasteiger partial charge in [0.1, 0.15) is 5.82 Å². The van der Waals surface area contributed by atoms with Gasteiger partial charge in [0.15, 0.2) is 4.77 Å². The van der Waals surface area contributed by atoms with Gasteiger partial charge in [0.05, 0.1) is 26.2 Å². The van der Waals surface area contributed by atoms with Crippen molar-refractivity contribution >= 4 is 18.2 Å². The van der Waals surface area contributed by atoms with E-state index in [9.17, 15) is 4.79 Å². The number of aromatic nitrogens is 3. The number of ether oxygens (including phenoxy) is 1. The van der Waals surface area contributed by atoms with Crippen LogP contribution in [0, 0.1) is 17.6 Å². The van der Waals surface area contributed by atoms with Crippen molar-refractivity contribution in [3.63, 3.8) is 0 Å². The first kappa shape index (κ1) is 17.8. The van der Waals surface area contributed by atoms with Crippen molar-refractivity contribution in [1.29, 1.82) is 0 Å². The summed E-state index contributed by atoms with van der Waals surface area (Å²) in [7, 11) is 1.45. The molecule has 0 saturated carbocycles. The molecule has 0 atom stereocenters. The van der Waals surface area contributed by atoms with E-state index in [0.29, 0.717) is 6.67 Å². The van der Waals surface area contributed by atoms with E-state index in [2.05, 4.69) is 26.7 Å². The Kier molecular flexibility index (Phi) is 5.65. The summed E-state index contributed by atoms with van der Waals surface area (Å²) < 4.78 is 9.52. The minimum atomic E-state index is -0.0979. The fraction of sp³-hybridized carbons (Fsp3) is 0.500. The lowest BCUT2D eigenvalue weighted by molar-refractivity contribution is -0.147. The maximum atomic E-state index is 11.6. The van der Waals surface area contributed by atoms with E-state index in [1.807, 2.05) is 29.8 Å².